The molecule has 1 aromatic heterocycles. The zero-order chi connectivity index (χ0) is 13.8. The Bertz CT molecular complexity index is 512. The number of sulfonamides is 1. The molecule has 0 bridgehead atoms. The van der Waals surface area contributed by atoms with E-state index in [0.717, 1.165) is 11.3 Å². The van der Waals surface area contributed by atoms with E-state index in [-0.39, 0.29) is 23.1 Å². The lowest BCUT2D eigenvalue weighted by Crippen LogP contribution is -2.28. The van der Waals surface area contributed by atoms with E-state index < -0.39 is 16.0 Å². The molecule has 0 aliphatic carbocycles. The number of thiophene rings is 1. The maximum atomic E-state index is 11.9. The van der Waals surface area contributed by atoms with Crippen molar-refractivity contribution in [1.29, 1.82) is 0 Å². The molecule has 0 saturated heterocycles. The summed E-state index contributed by atoms with van der Waals surface area (Å²) < 4.78 is 27.1. The average molecular weight is 356 g/mol. The number of halogens is 1. The van der Waals surface area contributed by atoms with Crippen LogP contribution in [0.4, 0.5) is 0 Å². The number of carbonyl (C=O) groups is 1. The highest BCUT2D eigenvalue weighted by Crippen LogP contribution is 2.27. The molecule has 2 N–H and O–H groups in total. The second-order valence-corrected chi connectivity index (χ2v) is 7.68. The molecule has 0 saturated carbocycles. The maximum Gasteiger partial charge on any atom is 0.303 e. The Hall–Kier alpha value is -0.440. The molecule has 102 valence electrons. The lowest BCUT2D eigenvalue weighted by atomic mass is 10.1. The van der Waals surface area contributed by atoms with Crippen LogP contribution in [0.15, 0.2) is 20.1 Å². The molecular formula is C10H14BrNO4S2. The first-order valence-corrected chi connectivity index (χ1v) is 8.43. The fraction of sp³-hybridized carbons (Fsp3) is 0.500. The fourth-order valence-corrected chi connectivity index (χ4v) is 4.81. The number of nitrogens with one attached hydrogen (secondary N) is 1. The topological polar surface area (TPSA) is 83.5 Å². The van der Waals surface area contributed by atoms with Gasteiger partial charge in [-0.15, -0.1) is 11.3 Å². The normalized spacial score (nSPS) is 13.4. The van der Waals surface area contributed by atoms with Gasteiger partial charge in [0, 0.05) is 17.4 Å². The summed E-state index contributed by atoms with van der Waals surface area (Å²) in [6.45, 7) is 2.05. The molecule has 1 unspecified atom stereocenters. The van der Waals surface area contributed by atoms with Gasteiger partial charge in [-0.3, -0.25) is 4.79 Å². The Labute approximate surface area is 118 Å². The quantitative estimate of drug-likeness (QED) is 0.785. The average Bonchev–Trinajstić information content (AvgIpc) is 2.71. The Morgan fingerprint density at radius 1 is 1.61 bits per heavy atom. The van der Waals surface area contributed by atoms with Gasteiger partial charge in [0.15, 0.2) is 0 Å². The van der Waals surface area contributed by atoms with Crippen LogP contribution in [0.1, 0.15) is 19.8 Å². The summed E-state index contributed by atoms with van der Waals surface area (Å²) in [5.41, 5.74) is 0. The molecule has 0 radical (unpaired) electrons. The molecule has 1 atom stereocenters. The monoisotopic (exact) mass is 355 g/mol. The van der Waals surface area contributed by atoms with Crippen molar-refractivity contribution in [2.45, 2.75) is 24.0 Å². The van der Waals surface area contributed by atoms with Gasteiger partial charge >= 0.3 is 5.97 Å². The number of carboxylic acids is 1. The van der Waals surface area contributed by atoms with Crippen LogP contribution in [0.5, 0.6) is 0 Å². The minimum atomic E-state index is -3.51. The molecule has 0 fully saturated rings. The Balaban J connectivity index is 2.53. The molecule has 18 heavy (non-hydrogen) atoms. The number of aliphatic carboxylic acids is 1. The molecule has 5 nitrogen and oxygen atoms in total. The summed E-state index contributed by atoms with van der Waals surface area (Å²) in [6.07, 6.45) is 0.495. The Kier molecular flexibility index (Phi) is 5.77. The van der Waals surface area contributed by atoms with Crippen LogP contribution in [-0.4, -0.2) is 26.0 Å². The number of carboxylic acid groups (broad SMARTS) is 1. The molecule has 8 heteroatoms. The molecular weight excluding hydrogens is 342 g/mol. The van der Waals surface area contributed by atoms with E-state index in [1.54, 1.807) is 11.4 Å². The van der Waals surface area contributed by atoms with Crippen LogP contribution in [-0.2, 0) is 14.8 Å². The minimum absolute atomic E-state index is 0.0189. The lowest BCUT2D eigenvalue weighted by molar-refractivity contribution is -0.137. The van der Waals surface area contributed by atoms with Crippen molar-refractivity contribution in [3.63, 3.8) is 0 Å². The summed E-state index contributed by atoms with van der Waals surface area (Å²) in [5.74, 6) is -0.889. The molecule has 0 aliphatic heterocycles. The number of rotatable bonds is 7. The zero-order valence-corrected chi connectivity index (χ0v) is 12.9. The second kappa shape index (κ2) is 6.65. The van der Waals surface area contributed by atoms with E-state index in [2.05, 4.69) is 20.7 Å². The van der Waals surface area contributed by atoms with E-state index in [4.69, 9.17) is 5.11 Å². The van der Waals surface area contributed by atoms with Crippen LogP contribution >= 0.6 is 27.3 Å². The standard InChI is InChI=1S/C10H14BrNO4S2/c1-7(2-3-9(13)14)6-12-18(15,16)10-8(11)4-5-17-10/h4-5,7,12H,2-3,6H2,1H3,(H,13,14). The van der Waals surface area contributed by atoms with Gasteiger partial charge in [0.05, 0.1) is 0 Å². The number of hydrogen-bond donors (Lipinski definition) is 2. The maximum absolute atomic E-state index is 11.9. The summed E-state index contributed by atoms with van der Waals surface area (Å²) in [4.78, 5) is 10.4. The third-order valence-electron chi connectivity index (χ3n) is 2.30. The van der Waals surface area contributed by atoms with Gasteiger partial charge in [-0.05, 0) is 39.7 Å². The molecule has 1 heterocycles. The van der Waals surface area contributed by atoms with Gasteiger partial charge in [0.1, 0.15) is 4.21 Å². The van der Waals surface area contributed by atoms with Gasteiger partial charge in [-0.2, -0.15) is 0 Å². The van der Waals surface area contributed by atoms with Crippen molar-refractivity contribution >= 4 is 43.3 Å². The molecule has 1 aromatic rings. The molecule has 0 aliphatic rings. The van der Waals surface area contributed by atoms with Gasteiger partial charge in [-0.1, -0.05) is 6.92 Å². The van der Waals surface area contributed by atoms with Crippen molar-refractivity contribution in [1.82, 2.24) is 4.72 Å². The van der Waals surface area contributed by atoms with Crippen molar-refractivity contribution in [3.05, 3.63) is 15.9 Å². The van der Waals surface area contributed by atoms with E-state index in [0.29, 0.717) is 10.9 Å². The molecule has 0 spiro atoms. The van der Waals surface area contributed by atoms with Crippen molar-refractivity contribution in [2.75, 3.05) is 6.54 Å². The summed E-state index contributed by atoms with van der Waals surface area (Å²) >= 11 is 4.31. The first-order chi connectivity index (χ1) is 8.33. The number of hydrogen-bond acceptors (Lipinski definition) is 4. The third-order valence-corrected chi connectivity index (χ3v) is 6.39. The predicted octanol–water partition coefficient (Wildman–Crippen LogP) is 2.29. The van der Waals surface area contributed by atoms with Crippen LogP contribution in [0.2, 0.25) is 0 Å². The van der Waals surface area contributed by atoms with E-state index in [9.17, 15) is 13.2 Å². The van der Waals surface area contributed by atoms with Crippen molar-refractivity contribution in [2.24, 2.45) is 5.92 Å². The van der Waals surface area contributed by atoms with Crippen LogP contribution < -0.4 is 4.72 Å². The summed E-state index contributed by atoms with van der Waals surface area (Å²) in [6, 6.07) is 1.67. The van der Waals surface area contributed by atoms with Crippen molar-refractivity contribution in [3.8, 4) is 0 Å². The van der Waals surface area contributed by atoms with Gasteiger partial charge in [-0.25, -0.2) is 13.1 Å². The first kappa shape index (κ1) is 15.6. The smallest absolute Gasteiger partial charge is 0.303 e. The van der Waals surface area contributed by atoms with E-state index >= 15 is 0 Å². The largest absolute Gasteiger partial charge is 0.481 e. The van der Waals surface area contributed by atoms with E-state index in [1.165, 1.54) is 0 Å². The van der Waals surface area contributed by atoms with E-state index in [1.807, 2.05) is 6.92 Å². The highest BCUT2D eigenvalue weighted by Gasteiger charge is 2.19. The van der Waals surface area contributed by atoms with Crippen LogP contribution in [0, 0.1) is 5.92 Å². The summed E-state index contributed by atoms with van der Waals surface area (Å²) in [7, 11) is -3.51. The highest BCUT2D eigenvalue weighted by molar-refractivity contribution is 9.10. The van der Waals surface area contributed by atoms with Crippen LogP contribution in [0.3, 0.4) is 0 Å². The Morgan fingerprint density at radius 3 is 2.78 bits per heavy atom. The van der Waals surface area contributed by atoms with Crippen LogP contribution in [0.25, 0.3) is 0 Å². The lowest BCUT2D eigenvalue weighted by Gasteiger charge is -2.11. The predicted molar refractivity (Wildman–Crippen MR) is 73.2 cm³/mol. The second-order valence-electron chi connectivity index (χ2n) is 3.95. The van der Waals surface area contributed by atoms with Gasteiger partial charge < -0.3 is 5.11 Å². The van der Waals surface area contributed by atoms with Gasteiger partial charge in [0.2, 0.25) is 0 Å². The van der Waals surface area contributed by atoms with Gasteiger partial charge in [0.25, 0.3) is 10.0 Å². The Morgan fingerprint density at radius 2 is 2.28 bits per heavy atom. The molecule has 1 rings (SSSR count). The SMILES string of the molecule is CC(CCC(=O)O)CNS(=O)(=O)c1sccc1Br. The minimum Gasteiger partial charge on any atom is -0.481 e. The molecule has 0 amide bonds. The zero-order valence-electron chi connectivity index (χ0n) is 9.72. The third kappa shape index (κ3) is 4.68. The molecule has 0 aromatic carbocycles. The highest BCUT2D eigenvalue weighted by atomic mass is 79.9. The first-order valence-electron chi connectivity index (χ1n) is 5.27. The summed E-state index contributed by atoms with van der Waals surface area (Å²) in [5, 5.41) is 10.2. The fourth-order valence-electron chi connectivity index (χ4n) is 1.26. The van der Waals surface area contributed by atoms with Crippen molar-refractivity contribution < 1.29 is 18.3 Å².